The number of ketones is 1. The number of rotatable bonds is 6. The fourth-order valence-corrected chi connectivity index (χ4v) is 3.46. The lowest BCUT2D eigenvalue weighted by atomic mass is 9.98. The highest BCUT2D eigenvalue weighted by atomic mass is 16.6. The topological polar surface area (TPSA) is 90.9 Å². The molecule has 3 aromatic carbocycles. The zero-order valence-electron chi connectivity index (χ0n) is 18.3. The van der Waals surface area contributed by atoms with Crippen LogP contribution in [-0.2, 0) is 9.53 Å². The summed E-state index contributed by atoms with van der Waals surface area (Å²) in [4.78, 5) is 38.1. The molecule has 0 unspecified atom stereocenters. The number of nitrogens with one attached hydrogen (secondary N) is 1. The highest BCUT2D eigenvalue weighted by molar-refractivity contribution is 6.14. The van der Waals surface area contributed by atoms with E-state index < -0.39 is 18.5 Å². The second kappa shape index (κ2) is 9.56. The molecule has 1 heterocycles. The summed E-state index contributed by atoms with van der Waals surface area (Å²) >= 11 is 0. The van der Waals surface area contributed by atoms with Crippen LogP contribution in [0.25, 0.3) is 0 Å². The third kappa shape index (κ3) is 5.03. The molecule has 0 aliphatic carbocycles. The Morgan fingerprint density at radius 3 is 2.39 bits per heavy atom. The standard InChI is InChI=1S/C26H23NO6/c1-16-7-8-17(2)21(13-16)27-24(28)15-33-26(30)20-6-4-3-5-19(20)25(29)18-9-10-22-23(14-18)32-12-11-31-22/h3-10,13-14H,11-12,15H2,1-2H3,(H,27,28). The van der Waals surface area contributed by atoms with Gasteiger partial charge in [0, 0.05) is 16.8 Å². The number of hydrogen-bond donors (Lipinski definition) is 1. The Labute approximate surface area is 191 Å². The van der Waals surface area contributed by atoms with Crippen molar-refractivity contribution in [2.24, 2.45) is 0 Å². The van der Waals surface area contributed by atoms with Crippen LogP contribution in [0.3, 0.4) is 0 Å². The van der Waals surface area contributed by atoms with E-state index in [1.807, 2.05) is 32.0 Å². The lowest BCUT2D eigenvalue weighted by molar-refractivity contribution is -0.119. The molecule has 1 aliphatic rings. The Morgan fingerprint density at radius 1 is 0.879 bits per heavy atom. The molecular formula is C26H23NO6. The molecule has 0 radical (unpaired) electrons. The highest BCUT2D eigenvalue weighted by Crippen LogP contribution is 2.31. The summed E-state index contributed by atoms with van der Waals surface area (Å²) in [7, 11) is 0. The molecule has 0 spiro atoms. The third-order valence-corrected chi connectivity index (χ3v) is 5.20. The van der Waals surface area contributed by atoms with E-state index in [0.29, 0.717) is 36.0 Å². The van der Waals surface area contributed by atoms with E-state index in [2.05, 4.69) is 5.32 Å². The summed E-state index contributed by atoms with van der Waals surface area (Å²) in [6.07, 6.45) is 0. The van der Waals surface area contributed by atoms with Crippen LogP contribution in [0, 0.1) is 13.8 Å². The molecule has 0 saturated heterocycles. The van der Waals surface area contributed by atoms with Crippen LogP contribution in [0.15, 0.2) is 60.7 Å². The largest absolute Gasteiger partial charge is 0.486 e. The first-order valence-corrected chi connectivity index (χ1v) is 10.5. The van der Waals surface area contributed by atoms with Gasteiger partial charge in [-0.15, -0.1) is 0 Å². The van der Waals surface area contributed by atoms with Crippen molar-refractivity contribution in [3.05, 3.63) is 88.5 Å². The van der Waals surface area contributed by atoms with E-state index in [9.17, 15) is 14.4 Å². The van der Waals surface area contributed by atoms with Gasteiger partial charge in [0.25, 0.3) is 5.91 Å². The molecule has 7 heteroatoms. The lowest BCUT2D eigenvalue weighted by Gasteiger charge is -2.18. The van der Waals surface area contributed by atoms with Crippen molar-refractivity contribution >= 4 is 23.3 Å². The second-order valence-corrected chi connectivity index (χ2v) is 7.68. The predicted molar refractivity (Wildman–Crippen MR) is 122 cm³/mol. The van der Waals surface area contributed by atoms with Crippen molar-refractivity contribution in [3.8, 4) is 11.5 Å². The average molecular weight is 445 g/mol. The number of amides is 1. The number of ether oxygens (including phenoxy) is 3. The second-order valence-electron chi connectivity index (χ2n) is 7.68. The fraction of sp³-hybridized carbons (Fsp3) is 0.192. The van der Waals surface area contributed by atoms with Crippen molar-refractivity contribution in [2.75, 3.05) is 25.1 Å². The van der Waals surface area contributed by atoms with Crippen molar-refractivity contribution in [2.45, 2.75) is 13.8 Å². The fourth-order valence-electron chi connectivity index (χ4n) is 3.46. The molecule has 4 rings (SSSR count). The maximum Gasteiger partial charge on any atom is 0.339 e. The minimum Gasteiger partial charge on any atom is -0.486 e. The predicted octanol–water partition coefficient (Wildman–Crippen LogP) is 4.10. The van der Waals surface area contributed by atoms with Crippen LogP contribution >= 0.6 is 0 Å². The molecule has 1 aliphatic heterocycles. The summed E-state index contributed by atoms with van der Waals surface area (Å²) in [5, 5.41) is 2.74. The molecule has 1 amide bonds. The van der Waals surface area contributed by atoms with E-state index >= 15 is 0 Å². The number of carbonyl (C=O) groups is 3. The Bertz CT molecular complexity index is 1230. The number of hydrogen-bond acceptors (Lipinski definition) is 6. The smallest absolute Gasteiger partial charge is 0.339 e. The Hall–Kier alpha value is -4.13. The van der Waals surface area contributed by atoms with Crippen molar-refractivity contribution < 1.29 is 28.6 Å². The quantitative estimate of drug-likeness (QED) is 0.454. The van der Waals surface area contributed by atoms with E-state index in [-0.39, 0.29) is 16.9 Å². The molecule has 7 nitrogen and oxygen atoms in total. The molecular weight excluding hydrogens is 422 g/mol. The van der Waals surface area contributed by atoms with Crippen molar-refractivity contribution in [1.82, 2.24) is 0 Å². The minimum atomic E-state index is -0.757. The van der Waals surface area contributed by atoms with Crippen LogP contribution in [0.4, 0.5) is 5.69 Å². The summed E-state index contributed by atoms with van der Waals surface area (Å²) in [5.74, 6) is -0.532. The van der Waals surface area contributed by atoms with Crippen LogP contribution < -0.4 is 14.8 Å². The number of aryl methyl sites for hydroxylation is 2. The summed E-state index contributed by atoms with van der Waals surface area (Å²) < 4.78 is 16.2. The first kappa shape index (κ1) is 22.1. The minimum absolute atomic E-state index is 0.0805. The molecule has 0 atom stereocenters. The summed E-state index contributed by atoms with van der Waals surface area (Å²) in [6.45, 7) is 4.17. The maximum atomic E-state index is 13.1. The van der Waals surface area contributed by atoms with Gasteiger partial charge in [-0.05, 0) is 55.3 Å². The van der Waals surface area contributed by atoms with Gasteiger partial charge in [-0.1, -0.05) is 30.3 Å². The highest BCUT2D eigenvalue weighted by Gasteiger charge is 2.22. The van der Waals surface area contributed by atoms with Crippen molar-refractivity contribution in [3.63, 3.8) is 0 Å². The van der Waals surface area contributed by atoms with Gasteiger partial charge in [0.2, 0.25) is 0 Å². The molecule has 0 saturated carbocycles. The number of anilines is 1. The Balaban J connectivity index is 1.46. The maximum absolute atomic E-state index is 13.1. The normalized spacial score (nSPS) is 12.1. The first-order chi connectivity index (χ1) is 15.9. The van der Waals surface area contributed by atoms with Gasteiger partial charge in [0.15, 0.2) is 23.9 Å². The zero-order valence-corrected chi connectivity index (χ0v) is 18.3. The monoisotopic (exact) mass is 445 g/mol. The summed E-state index contributed by atoms with van der Waals surface area (Å²) in [6, 6.07) is 16.9. The van der Waals surface area contributed by atoms with Crippen LogP contribution in [0.1, 0.15) is 37.4 Å². The molecule has 168 valence electrons. The van der Waals surface area contributed by atoms with E-state index in [1.54, 1.807) is 36.4 Å². The number of esters is 1. The van der Waals surface area contributed by atoms with Gasteiger partial charge < -0.3 is 19.5 Å². The van der Waals surface area contributed by atoms with Crippen molar-refractivity contribution in [1.29, 1.82) is 0 Å². The van der Waals surface area contributed by atoms with Gasteiger partial charge in [-0.25, -0.2) is 4.79 Å². The van der Waals surface area contributed by atoms with Gasteiger partial charge in [0.05, 0.1) is 5.56 Å². The van der Waals surface area contributed by atoms with E-state index in [4.69, 9.17) is 14.2 Å². The van der Waals surface area contributed by atoms with Gasteiger partial charge in [-0.3, -0.25) is 9.59 Å². The Kier molecular flexibility index (Phi) is 6.40. The number of carbonyl (C=O) groups excluding carboxylic acids is 3. The van der Waals surface area contributed by atoms with E-state index in [1.165, 1.54) is 6.07 Å². The lowest BCUT2D eigenvalue weighted by Crippen LogP contribution is -2.22. The molecule has 1 N–H and O–H groups in total. The molecule has 0 fully saturated rings. The molecule has 3 aromatic rings. The molecule has 0 aromatic heterocycles. The van der Waals surface area contributed by atoms with Crippen LogP contribution in [-0.4, -0.2) is 37.5 Å². The number of benzene rings is 3. The zero-order chi connectivity index (χ0) is 23.4. The molecule has 0 bridgehead atoms. The SMILES string of the molecule is Cc1ccc(C)c(NC(=O)COC(=O)c2ccccc2C(=O)c2ccc3c(c2)OCCO3)c1. The van der Waals surface area contributed by atoms with Gasteiger partial charge >= 0.3 is 5.97 Å². The Morgan fingerprint density at radius 2 is 1.61 bits per heavy atom. The number of fused-ring (bicyclic) bond motifs is 1. The van der Waals surface area contributed by atoms with Gasteiger partial charge in [0.1, 0.15) is 13.2 Å². The van der Waals surface area contributed by atoms with Crippen LogP contribution in [0.2, 0.25) is 0 Å². The summed E-state index contributed by atoms with van der Waals surface area (Å²) in [5.41, 5.74) is 3.17. The third-order valence-electron chi connectivity index (χ3n) is 5.20. The van der Waals surface area contributed by atoms with Gasteiger partial charge in [-0.2, -0.15) is 0 Å². The first-order valence-electron chi connectivity index (χ1n) is 10.5. The van der Waals surface area contributed by atoms with Crippen LogP contribution in [0.5, 0.6) is 11.5 Å². The van der Waals surface area contributed by atoms with E-state index in [0.717, 1.165) is 11.1 Å². The molecule has 33 heavy (non-hydrogen) atoms. The average Bonchev–Trinajstić information content (AvgIpc) is 2.84.